The Morgan fingerprint density at radius 1 is 1.15 bits per heavy atom. The number of hydrogen-bond acceptors (Lipinski definition) is 3. The van der Waals surface area contributed by atoms with E-state index in [1.165, 1.54) is 5.56 Å². The van der Waals surface area contributed by atoms with Crippen LogP contribution in [0.5, 0.6) is 5.88 Å². The number of aromatic nitrogens is 1. The van der Waals surface area contributed by atoms with Gasteiger partial charge >= 0.3 is 0 Å². The van der Waals surface area contributed by atoms with Gasteiger partial charge in [-0.2, -0.15) is 0 Å². The number of nitrogens with zero attached hydrogens (tertiary/aromatic N) is 1. The lowest BCUT2D eigenvalue weighted by atomic mass is 9.96. The highest BCUT2D eigenvalue weighted by molar-refractivity contribution is 5.86. The molecule has 0 unspecified atom stereocenters. The predicted molar refractivity (Wildman–Crippen MR) is 80.1 cm³/mol. The minimum absolute atomic E-state index is 0.444. The molecule has 0 radical (unpaired) electrons. The summed E-state index contributed by atoms with van der Waals surface area (Å²) >= 11 is 0. The van der Waals surface area contributed by atoms with Crippen molar-refractivity contribution in [3.63, 3.8) is 0 Å². The number of methoxy groups -OCH3 is 1. The third-order valence-electron chi connectivity index (χ3n) is 3.44. The number of ether oxygens (including phenoxy) is 1. The lowest BCUT2D eigenvalue weighted by Crippen LogP contribution is -1.90. The molecule has 3 aromatic rings. The van der Waals surface area contributed by atoms with Gasteiger partial charge in [0.05, 0.1) is 7.11 Å². The highest BCUT2D eigenvalue weighted by Gasteiger charge is 2.14. The molecule has 0 aliphatic rings. The summed E-state index contributed by atoms with van der Waals surface area (Å²) in [5.74, 6) is 1.82. The van der Waals surface area contributed by atoms with Crippen molar-refractivity contribution in [1.29, 1.82) is 0 Å². The van der Waals surface area contributed by atoms with Gasteiger partial charge in [0.25, 0.3) is 5.88 Å². The Balaban J connectivity index is 2.21. The summed E-state index contributed by atoms with van der Waals surface area (Å²) < 4.78 is 11.2. The zero-order chi connectivity index (χ0) is 14.1. The maximum Gasteiger partial charge on any atom is 0.258 e. The first-order chi connectivity index (χ1) is 9.70. The Morgan fingerprint density at radius 2 is 1.95 bits per heavy atom. The van der Waals surface area contributed by atoms with E-state index in [0.29, 0.717) is 17.4 Å². The summed E-state index contributed by atoms with van der Waals surface area (Å²) in [7, 11) is 1.60. The van der Waals surface area contributed by atoms with Crippen molar-refractivity contribution in [3.8, 4) is 17.2 Å². The van der Waals surface area contributed by atoms with Crippen molar-refractivity contribution < 1.29 is 9.15 Å². The lowest BCUT2D eigenvalue weighted by Gasteiger charge is -2.10. The van der Waals surface area contributed by atoms with Crippen LogP contribution in [0.25, 0.3) is 22.3 Å². The summed E-state index contributed by atoms with van der Waals surface area (Å²) in [6.45, 7) is 4.37. The van der Waals surface area contributed by atoms with Crippen molar-refractivity contribution >= 4 is 11.0 Å². The largest absolute Gasteiger partial charge is 0.478 e. The number of benzene rings is 1. The molecule has 0 fully saturated rings. The Kier molecular flexibility index (Phi) is 3.18. The fourth-order valence-corrected chi connectivity index (χ4v) is 2.44. The number of pyridine rings is 1. The molecule has 1 aromatic carbocycles. The van der Waals surface area contributed by atoms with Crippen LogP contribution in [0.15, 0.2) is 47.0 Å². The van der Waals surface area contributed by atoms with E-state index in [2.05, 4.69) is 37.0 Å². The quantitative estimate of drug-likeness (QED) is 0.694. The molecule has 0 saturated carbocycles. The van der Waals surface area contributed by atoms with E-state index >= 15 is 0 Å². The molecule has 2 aromatic heterocycles. The van der Waals surface area contributed by atoms with Crippen molar-refractivity contribution in [2.75, 3.05) is 7.11 Å². The second-order valence-corrected chi connectivity index (χ2v) is 5.09. The van der Waals surface area contributed by atoms with E-state index in [-0.39, 0.29) is 0 Å². The van der Waals surface area contributed by atoms with E-state index in [4.69, 9.17) is 9.15 Å². The first-order valence-electron chi connectivity index (χ1n) is 6.72. The molecule has 20 heavy (non-hydrogen) atoms. The second-order valence-electron chi connectivity index (χ2n) is 5.09. The maximum atomic E-state index is 5.98. The Bertz CT molecular complexity index is 744. The molecule has 0 spiro atoms. The van der Waals surface area contributed by atoms with Gasteiger partial charge in [-0.3, -0.25) is 0 Å². The molecule has 0 aliphatic heterocycles. The first-order valence-corrected chi connectivity index (χ1v) is 6.72. The SMILES string of the molecule is COc1nccc2cc(-c3ccccc3C(C)C)oc12. The van der Waals surface area contributed by atoms with Crippen LogP contribution in [0.2, 0.25) is 0 Å². The molecule has 3 rings (SSSR count). The van der Waals surface area contributed by atoms with E-state index in [0.717, 1.165) is 16.7 Å². The van der Waals surface area contributed by atoms with Crippen LogP contribution in [0.1, 0.15) is 25.3 Å². The Hall–Kier alpha value is -2.29. The molecule has 0 aliphatic carbocycles. The molecule has 3 nitrogen and oxygen atoms in total. The highest BCUT2D eigenvalue weighted by atomic mass is 16.5. The summed E-state index contributed by atoms with van der Waals surface area (Å²) in [5, 5.41) is 1.01. The number of fused-ring (bicyclic) bond motifs is 1. The van der Waals surface area contributed by atoms with Crippen LogP contribution in [0, 0.1) is 0 Å². The minimum Gasteiger partial charge on any atom is -0.478 e. The smallest absolute Gasteiger partial charge is 0.258 e. The fraction of sp³-hybridized carbons (Fsp3) is 0.235. The molecule has 0 N–H and O–H groups in total. The molecule has 102 valence electrons. The van der Waals surface area contributed by atoms with Crippen molar-refractivity contribution in [2.24, 2.45) is 0 Å². The van der Waals surface area contributed by atoms with E-state index < -0.39 is 0 Å². The van der Waals surface area contributed by atoms with E-state index in [1.807, 2.05) is 18.2 Å². The first kappa shape index (κ1) is 12.7. The van der Waals surface area contributed by atoms with Crippen molar-refractivity contribution in [1.82, 2.24) is 4.98 Å². The van der Waals surface area contributed by atoms with Gasteiger partial charge in [-0.1, -0.05) is 38.1 Å². The van der Waals surface area contributed by atoms with Crippen LogP contribution < -0.4 is 4.74 Å². The van der Waals surface area contributed by atoms with Gasteiger partial charge in [0.1, 0.15) is 5.76 Å². The van der Waals surface area contributed by atoms with Crippen LogP contribution in [0.4, 0.5) is 0 Å². The van der Waals surface area contributed by atoms with Gasteiger partial charge in [0.2, 0.25) is 0 Å². The summed E-state index contributed by atoms with van der Waals surface area (Å²) in [4.78, 5) is 4.17. The summed E-state index contributed by atoms with van der Waals surface area (Å²) in [5.41, 5.74) is 3.10. The normalized spacial score (nSPS) is 11.2. The topological polar surface area (TPSA) is 35.3 Å². The van der Waals surface area contributed by atoms with E-state index in [9.17, 15) is 0 Å². The molecule has 0 bridgehead atoms. The maximum absolute atomic E-state index is 5.98. The summed E-state index contributed by atoms with van der Waals surface area (Å²) in [6, 6.07) is 12.3. The molecular formula is C17H17NO2. The molecule has 0 amide bonds. The van der Waals surface area contributed by atoms with Crippen molar-refractivity contribution in [2.45, 2.75) is 19.8 Å². The van der Waals surface area contributed by atoms with E-state index in [1.54, 1.807) is 13.3 Å². The fourth-order valence-electron chi connectivity index (χ4n) is 2.44. The van der Waals surface area contributed by atoms with Gasteiger partial charge in [0.15, 0.2) is 5.58 Å². The van der Waals surface area contributed by atoms with Gasteiger partial charge < -0.3 is 9.15 Å². The second kappa shape index (κ2) is 5.00. The Labute approximate surface area is 118 Å². The third kappa shape index (κ3) is 2.05. The molecule has 2 heterocycles. The molecular weight excluding hydrogens is 250 g/mol. The monoisotopic (exact) mass is 267 g/mol. The zero-order valence-corrected chi connectivity index (χ0v) is 11.9. The van der Waals surface area contributed by atoms with Crippen molar-refractivity contribution in [3.05, 3.63) is 48.2 Å². The number of hydrogen-bond donors (Lipinski definition) is 0. The van der Waals surface area contributed by atoms with Gasteiger partial charge in [0, 0.05) is 17.1 Å². The predicted octanol–water partition coefficient (Wildman–Crippen LogP) is 4.63. The zero-order valence-electron chi connectivity index (χ0n) is 11.9. The summed E-state index contributed by atoms with van der Waals surface area (Å²) in [6.07, 6.45) is 1.73. The highest BCUT2D eigenvalue weighted by Crippen LogP contribution is 2.35. The minimum atomic E-state index is 0.444. The van der Waals surface area contributed by atoms with Crippen LogP contribution in [0.3, 0.4) is 0 Å². The van der Waals surface area contributed by atoms with Gasteiger partial charge in [-0.05, 0) is 23.6 Å². The number of furan rings is 1. The standard InChI is InChI=1S/C17H17NO2/c1-11(2)13-6-4-5-7-14(13)15-10-12-8-9-18-17(19-3)16(12)20-15/h4-11H,1-3H3. The van der Waals surface area contributed by atoms with Crippen LogP contribution >= 0.6 is 0 Å². The average Bonchev–Trinajstić information content (AvgIpc) is 2.90. The number of rotatable bonds is 3. The Morgan fingerprint density at radius 3 is 2.70 bits per heavy atom. The van der Waals surface area contributed by atoms with Gasteiger partial charge in [-0.25, -0.2) is 4.98 Å². The third-order valence-corrected chi connectivity index (χ3v) is 3.44. The molecule has 0 saturated heterocycles. The molecule has 0 atom stereocenters. The van der Waals surface area contributed by atoms with Gasteiger partial charge in [-0.15, -0.1) is 0 Å². The van der Waals surface area contributed by atoms with Crippen LogP contribution in [-0.2, 0) is 0 Å². The van der Waals surface area contributed by atoms with Crippen LogP contribution in [-0.4, -0.2) is 12.1 Å². The average molecular weight is 267 g/mol. The molecule has 3 heteroatoms. The lowest BCUT2D eigenvalue weighted by molar-refractivity contribution is 0.394.